The predicted octanol–water partition coefficient (Wildman–Crippen LogP) is 1.74. The molecule has 1 aromatic heterocycles. The van der Waals surface area contributed by atoms with Crippen molar-refractivity contribution in [1.82, 2.24) is 10.1 Å². The highest BCUT2D eigenvalue weighted by molar-refractivity contribution is 6.04. The number of morpholine rings is 1. The van der Waals surface area contributed by atoms with Crippen molar-refractivity contribution in [1.29, 1.82) is 0 Å². The van der Waals surface area contributed by atoms with E-state index < -0.39 is 0 Å². The average Bonchev–Trinajstić information content (AvgIpc) is 3.14. The average molecular weight is 356 g/mol. The monoisotopic (exact) mass is 356 g/mol. The molecule has 26 heavy (non-hydrogen) atoms. The molecule has 1 amide bonds. The van der Waals surface area contributed by atoms with Crippen LogP contribution in [0.15, 0.2) is 34.9 Å². The van der Waals surface area contributed by atoms with Gasteiger partial charge in [-0.3, -0.25) is 4.79 Å². The van der Waals surface area contributed by atoms with Gasteiger partial charge in [-0.05, 0) is 12.8 Å². The number of hydrogen-bond donors (Lipinski definition) is 1. The summed E-state index contributed by atoms with van der Waals surface area (Å²) in [6, 6.07) is 9.85. The summed E-state index contributed by atoms with van der Waals surface area (Å²) in [6.45, 7) is 3.99. The molecule has 0 unspecified atom stereocenters. The summed E-state index contributed by atoms with van der Waals surface area (Å²) in [7, 11) is 0. The SMILES string of the molecule is NC1CCN(C(=O)c2c(N3CCOCC3)noc2-c2ccccc2)CC1. The Labute approximate surface area is 152 Å². The van der Waals surface area contributed by atoms with Gasteiger partial charge in [0.25, 0.3) is 5.91 Å². The van der Waals surface area contributed by atoms with Gasteiger partial charge in [0, 0.05) is 37.8 Å². The van der Waals surface area contributed by atoms with Crippen LogP contribution < -0.4 is 10.6 Å². The molecule has 3 heterocycles. The topological polar surface area (TPSA) is 84.8 Å². The fraction of sp³-hybridized carbons (Fsp3) is 0.474. The van der Waals surface area contributed by atoms with Crippen molar-refractivity contribution in [3.63, 3.8) is 0 Å². The highest BCUT2D eigenvalue weighted by Gasteiger charge is 2.32. The first-order valence-electron chi connectivity index (χ1n) is 9.16. The minimum Gasteiger partial charge on any atom is -0.378 e. The van der Waals surface area contributed by atoms with Gasteiger partial charge in [0.15, 0.2) is 11.6 Å². The van der Waals surface area contributed by atoms with E-state index in [1.54, 1.807) is 0 Å². The number of ether oxygens (including phenoxy) is 1. The number of rotatable bonds is 3. The van der Waals surface area contributed by atoms with E-state index in [4.69, 9.17) is 15.0 Å². The largest absolute Gasteiger partial charge is 0.378 e. The number of carbonyl (C=O) groups excluding carboxylic acids is 1. The van der Waals surface area contributed by atoms with Crippen LogP contribution in [0.1, 0.15) is 23.2 Å². The number of hydrogen-bond acceptors (Lipinski definition) is 6. The minimum atomic E-state index is -0.0292. The Kier molecular flexibility index (Phi) is 4.90. The van der Waals surface area contributed by atoms with E-state index in [1.807, 2.05) is 35.2 Å². The second-order valence-electron chi connectivity index (χ2n) is 6.81. The second kappa shape index (κ2) is 7.47. The second-order valence-corrected chi connectivity index (χ2v) is 6.81. The van der Waals surface area contributed by atoms with Crippen LogP contribution in [0.25, 0.3) is 11.3 Å². The molecule has 2 aliphatic rings. The molecular weight excluding hydrogens is 332 g/mol. The molecule has 7 heteroatoms. The lowest BCUT2D eigenvalue weighted by atomic mass is 10.0. The molecule has 0 radical (unpaired) electrons. The Morgan fingerprint density at radius 2 is 1.77 bits per heavy atom. The maximum Gasteiger partial charge on any atom is 0.261 e. The highest BCUT2D eigenvalue weighted by Crippen LogP contribution is 2.33. The molecular formula is C19H24N4O3. The van der Waals surface area contributed by atoms with Crippen LogP contribution in [0, 0.1) is 0 Å². The van der Waals surface area contributed by atoms with E-state index in [2.05, 4.69) is 10.1 Å². The summed E-state index contributed by atoms with van der Waals surface area (Å²) in [4.78, 5) is 17.3. The van der Waals surface area contributed by atoms with Gasteiger partial charge in [-0.15, -0.1) is 0 Å². The third-order valence-electron chi connectivity index (χ3n) is 5.06. The van der Waals surface area contributed by atoms with Crippen molar-refractivity contribution in [2.75, 3.05) is 44.3 Å². The summed E-state index contributed by atoms with van der Waals surface area (Å²) in [6.07, 6.45) is 1.65. The quantitative estimate of drug-likeness (QED) is 0.902. The lowest BCUT2D eigenvalue weighted by Crippen LogP contribution is -2.44. The number of likely N-dealkylation sites (tertiary alicyclic amines) is 1. The first kappa shape index (κ1) is 17.1. The van der Waals surface area contributed by atoms with Crippen molar-refractivity contribution >= 4 is 11.7 Å². The molecule has 0 spiro atoms. The Balaban J connectivity index is 1.71. The number of anilines is 1. The first-order chi connectivity index (χ1) is 12.7. The van der Waals surface area contributed by atoms with Gasteiger partial charge in [0.1, 0.15) is 5.56 Å². The third kappa shape index (κ3) is 3.32. The van der Waals surface area contributed by atoms with Gasteiger partial charge >= 0.3 is 0 Å². The maximum absolute atomic E-state index is 13.4. The van der Waals surface area contributed by atoms with Gasteiger partial charge in [-0.25, -0.2) is 0 Å². The van der Waals surface area contributed by atoms with Crippen molar-refractivity contribution in [2.24, 2.45) is 5.73 Å². The fourth-order valence-corrected chi connectivity index (χ4v) is 3.51. The van der Waals surface area contributed by atoms with Gasteiger partial charge in [0.05, 0.1) is 13.2 Å². The Morgan fingerprint density at radius 3 is 2.46 bits per heavy atom. The van der Waals surface area contributed by atoms with E-state index in [0.717, 1.165) is 18.4 Å². The molecule has 1 aromatic carbocycles. The van der Waals surface area contributed by atoms with E-state index in [0.29, 0.717) is 56.5 Å². The molecule has 0 atom stereocenters. The van der Waals surface area contributed by atoms with Gasteiger partial charge in [-0.2, -0.15) is 0 Å². The molecule has 0 saturated carbocycles. The summed E-state index contributed by atoms with van der Waals surface area (Å²) in [5.74, 6) is 1.12. The maximum atomic E-state index is 13.4. The van der Waals surface area contributed by atoms with Crippen molar-refractivity contribution in [2.45, 2.75) is 18.9 Å². The van der Waals surface area contributed by atoms with Crippen molar-refractivity contribution in [3.8, 4) is 11.3 Å². The van der Waals surface area contributed by atoms with Gasteiger partial charge in [-0.1, -0.05) is 35.5 Å². The number of nitrogens with zero attached hydrogens (tertiary/aromatic N) is 3. The standard InChI is InChI=1S/C19H24N4O3/c20-15-6-8-23(9-7-15)19(24)16-17(14-4-2-1-3-5-14)26-21-18(16)22-10-12-25-13-11-22/h1-5,15H,6-13,20H2. The normalized spacial score (nSPS) is 19.0. The summed E-state index contributed by atoms with van der Waals surface area (Å²) in [5.41, 5.74) is 7.40. The molecule has 7 nitrogen and oxygen atoms in total. The third-order valence-corrected chi connectivity index (χ3v) is 5.06. The smallest absolute Gasteiger partial charge is 0.261 e. The number of nitrogens with two attached hydrogens (primary N) is 1. The zero-order valence-electron chi connectivity index (χ0n) is 14.8. The molecule has 2 aliphatic heterocycles. The lowest BCUT2D eigenvalue weighted by molar-refractivity contribution is 0.0714. The van der Waals surface area contributed by atoms with Crippen LogP contribution in [0.2, 0.25) is 0 Å². The number of amides is 1. The molecule has 138 valence electrons. The summed E-state index contributed by atoms with van der Waals surface area (Å²) >= 11 is 0. The van der Waals surface area contributed by atoms with Crippen LogP contribution in [-0.4, -0.2) is 61.4 Å². The molecule has 2 fully saturated rings. The molecule has 0 aliphatic carbocycles. The Bertz CT molecular complexity index is 747. The number of benzene rings is 1. The Hall–Kier alpha value is -2.38. The number of piperidine rings is 1. The molecule has 0 bridgehead atoms. The highest BCUT2D eigenvalue weighted by atomic mass is 16.5. The summed E-state index contributed by atoms with van der Waals surface area (Å²) in [5, 5.41) is 4.27. The van der Waals surface area contributed by atoms with Crippen molar-refractivity contribution < 1.29 is 14.1 Å². The van der Waals surface area contributed by atoms with Crippen LogP contribution in [0.3, 0.4) is 0 Å². The van der Waals surface area contributed by atoms with E-state index in [1.165, 1.54) is 0 Å². The lowest BCUT2D eigenvalue weighted by Gasteiger charge is -2.31. The first-order valence-corrected chi connectivity index (χ1v) is 9.16. The van der Waals surface area contributed by atoms with Crippen LogP contribution >= 0.6 is 0 Å². The van der Waals surface area contributed by atoms with Gasteiger partial charge in [0.2, 0.25) is 0 Å². The fourth-order valence-electron chi connectivity index (χ4n) is 3.51. The number of aromatic nitrogens is 1. The molecule has 2 N–H and O–H groups in total. The predicted molar refractivity (Wildman–Crippen MR) is 98.1 cm³/mol. The van der Waals surface area contributed by atoms with E-state index >= 15 is 0 Å². The van der Waals surface area contributed by atoms with Crippen molar-refractivity contribution in [3.05, 3.63) is 35.9 Å². The molecule has 2 saturated heterocycles. The van der Waals surface area contributed by atoms with E-state index in [-0.39, 0.29) is 11.9 Å². The zero-order chi connectivity index (χ0) is 17.9. The van der Waals surface area contributed by atoms with Crippen LogP contribution in [0.5, 0.6) is 0 Å². The van der Waals surface area contributed by atoms with E-state index in [9.17, 15) is 4.79 Å². The zero-order valence-corrected chi connectivity index (χ0v) is 14.8. The van der Waals surface area contributed by atoms with Crippen LogP contribution in [0.4, 0.5) is 5.82 Å². The molecule has 4 rings (SSSR count). The molecule has 2 aromatic rings. The summed E-state index contributed by atoms with van der Waals surface area (Å²) < 4.78 is 11.1. The van der Waals surface area contributed by atoms with Crippen LogP contribution in [-0.2, 0) is 4.74 Å². The Morgan fingerprint density at radius 1 is 1.08 bits per heavy atom. The number of carbonyl (C=O) groups is 1. The van der Waals surface area contributed by atoms with Gasteiger partial charge < -0.3 is 24.8 Å². The minimum absolute atomic E-state index is 0.0292.